The number of aliphatic hydroxyl groups is 1. The Bertz CT molecular complexity index is 689. The van der Waals surface area contributed by atoms with E-state index in [9.17, 15) is 9.90 Å². The van der Waals surface area contributed by atoms with E-state index in [0.717, 1.165) is 29.5 Å². The normalized spacial score (nSPS) is 16.9. The van der Waals surface area contributed by atoms with Crippen molar-refractivity contribution < 1.29 is 9.90 Å². The van der Waals surface area contributed by atoms with Crippen molar-refractivity contribution in [3.63, 3.8) is 0 Å². The highest BCUT2D eigenvalue weighted by molar-refractivity contribution is 6.30. The second-order valence-electron chi connectivity index (χ2n) is 6.49. The highest BCUT2D eigenvalue weighted by Crippen LogP contribution is 2.31. The van der Waals surface area contributed by atoms with Crippen LogP contribution < -0.4 is 0 Å². The van der Waals surface area contributed by atoms with E-state index in [1.807, 2.05) is 48.2 Å². The van der Waals surface area contributed by atoms with Crippen LogP contribution in [0.15, 0.2) is 48.5 Å². The average Bonchev–Trinajstić information content (AvgIpc) is 2.62. The molecule has 0 bridgehead atoms. The van der Waals surface area contributed by atoms with Crippen molar-refractivity contribution >= 4 is 17.5 Å². The highest BCUT2D eigenvalue weighted by atomic mass is 35.5. The largest absolute Gasteiger partial charge is 0.388 e. The highest BCUT2D eigenvalue weighted by Gasteiger charge is 2.28. The molecular weight excluding hydrogens is 322 g/mol. The lowest BCUT2D eigenvalue weighted by Gasteiger charge is -2.34. The van der Waals surface area contributed by atoms with Crippen molar-refractivity contribution in [1.82, 2.24) is 4.90 Å². The van der Waals surface area contributed by atoms with Crippen LogP contribution >= 0.6 is 11.6 Å². The van der Waals surface area contributed by atoms with Gasteiger partial charge in [-0.3, -0.25) is 4.79 Å². The number of piperidine rings is 1. The van der Waals surface area contributed by atoms with Gasteiger partial charge in [0.05, 0.1) is 6.10 Å². The van der Waals surface area contributed by atoms with Crippen LogP contribution in [0.1, 0.15) is 40.4 Å². The topological polar surface area (TPSA) is 40.5 Å². The van der Waals surface area contributed by atoms with E-state index in [2.05, 4.69) is 0 Å². The van der Waals surface area contributed by atoms with Gasteiger partial charge in [-0.1, -0.05) is 41.4 Å². The van der Waals surface area contributed by atoms with Crippen molar-refractivity contribution in [2.45, 2.75) is 25.9 Å². The summed E-state index contributed by atoms with van der Waals surface area (Å²) >= 11 is 5.90. The Morgan fingerprint density at radius 2 is 1.67 bits per heavy atom. The van der Waals surface area contributed by atoms with Crippen LogP contribution in [0.2, 0.25) is 5.02 Å². The summed E-state index contributed by atoms with van der Waals surface area (Å²) in [5, 5.41) is 11.2. The van der Waals surface area contributed by atoms with Crippen LogP contribution in [0, 0.1) is 12.8 Å². The summed E-state index contributed by atoms with van der Waals surface area (Å²) in [6, 6.07) is 15.0. The number of hydrogen-bond donors (Lipinski definition) is 1. The summed E-state index contributed by atoms with van der Waals surface area (Å²) in [6.07, 6.45) is 1.11. The summed E-state index contributed by atoms with van der Waals surface area (Å²) in [5.74, 6) is 0.252. The number of carbonyl (C=O) groups excluding carboxylic acids is 1. The Balaban J connectivity index is 1.60. The molecule has 24 heavy (non-hydrogen) atoms. The van der Waals surface area contributed by atoms with Gasteiger partial charge in [-0.2, -0.15) is 0 Å². The smallest absolute Gasteiger partial charge is 0.253 e. The quantitative estimate of drug-likeness (QED) is 0.905. The van der Waals surface area contributed by atoms with Gasteiger partial charge in [0.25, 0.3) is 5.91 Å². The van der Waals surface area contributed by atoms with Crippen LogP contribution in [0.4, 0.5) is 0 Å². The van der Waals surface area contributed by atoms with E-state index in [4.69, 9.17) is 11.6 Å². The van der Waals surface area contributed by atoms with Crippen LogP contribution in [0.3, 0.4) is 0 Å². The molecule has 1 fully saturated rings. The number of aliphatic hydroxyl groups excluding tert-OH is 1. The van der Waals surface area contributed by atoms with Gasteiger partial charge >= 0.3 is 0 Å². The zero-order chi connectivity index (χ0) is 17.1. The summed E-state index contributed by atoms with van der Waals surface area (Å²) < 4.78 is 0. The lowest BCUT2D eigenvalue weighted by molar-refractivity contribution is 0.0462. The van der Waals surface area contributed by atoms with Crippen LogP contribution in [-0.4, -0.2) is 29.0 Å². The number of rotatable bonds is 3. The molecule has 1 N–H and O–H groups in total. The molecular formula is C20H22ClNO2. The number of nitrogens with zero attached hydrogens (tertiary/aromatic N) is 1. The number of likely N-dealkylation sites (tertiary alicyclic amines) is 1. The molecule has 126 valence electrons. The van der Waals surface area contributed by atoms with E-state index in [1.165, 1.54) is 0 Å². The van der Waals surface area contributed by atoms with E-state index < -0.39 is 6.10 Å². The number of benzene rings is 2. The molecule has 0 radical (unpaired) electrons. The monoisotopic (exact) mass is 343 g/mol. The van der Waals surface area contributed by atoms with Gasteiger partial charge in [-0.15, -0.1) is 0 Å². The van der Waals surface area contributed by atoms with Gasteiger partial charge in [0.15, 0.2) is 0 Å². The number of carbonyl (C=O) groups is 1. The maximum Gasteiger partial charge on any atom is 0.253 e. The van der Waals surface area contributed by atoms with Crippen molar-refractivity contribution in [3.8, 4) is 0 Å². The molecule has 0 saturated carbocycles. The predicted molar refractivity (Wildman–Crippen MR) is 96.2 cm³/mol. The Kier molecular flexibility index (Phi) is 5.22. The molecule has 3 rings (SSSR count). The molecule has 0 spiro atoms. The molecule has 3 nitrogen and oxygen atoms in total. The molecule has 0 aromatic heterocycles. The minimum Gasteiger partial charge on any atom is -0.388 e. The third kappa shape index (κ3) is 3.80. The summed E-state index contributed by atoms with van der Waals surface area (Å²) in [7, 11) is 0. The lowest BCUT2D eigenvalue weighted by Crippen LogP contribution is -2.39. The molecule has 2 aromatic carbocycles. The molecule has 0 aliphatic carbocycles. The van der Waals surface area contributed by atoms with E-state index in [-0.39, 0.29) is 11.8 Å². The summed E-state index contributed by atoms with van der Waals surface area (Å²) in [5.41, 5.74) is 2.77. The minimum absolute atomic E-state index is 0.0782. The molecule has 4 heteroatoms. The Morgan fingerprint density at radius 1 is 1.08 bits per heavy atom. The standard InChI is InChI=1S/C20H22ClNO2/c1-14-2-4-17(5-3-14)20(24)22-12-10-16(11-13-22)19(23)15-6-8-18(21)9-7-15/h2-9,16,19,23H,10-13H2,1H3. The second-order valence-corrected chi connectivity index (χ2v) is 6.93. The van der Waals surface area contributed by atoms with Gasteiger partial charge in [-0.05, 0) is 55.5 Å². The van der Waals surface area contributed by atoms with Crippen molar-refractivity contribution in [2.75, 3.05) is 13.1 Å². The Labute approximate surface area is 147 Å². The third-order valence-electron chi connectivity index (χ3n) is 4.78. The van der Waals surface area contributed by atoms with Crippen LogP contribution in [0.5, 0.6) is 0 Å². The zero-order valence-corrected chi connectivity index (χ0v) is 14.5. The molecule has 1 aliphatic heterocycles. The lowest BCUT2D eigenvalue weighted by atomic mass is 9.87. The van der Waals surface area contributed by atoms with E-state index in [1.54, 1.807) is 12.1 Å². The first-order valence-corrected chi connectivity index (χ1v) is 8.72. The third-order valence-corrected chi connectivity index (χ3v) is 5.04. The fraction of sp³-hybridized carbons (Fsp3) is 0.350. The van der Waals surface area contributed by atoms with E-state index in [0.29, 0.717) is 18.1 Å². The molecule has 1 saturated heterocycles. The van der Waals surface area contributed by atoms with Crippen molar-refractivity contribution in [1.29, 1.82) is 0 Å². The second kappa shape index (κ2) is 7.37. The molecule has 2 aromatic rings. The molecule has 1 aliphatic rings. The van der Waals surface area contributed by atoms with E-state index >= 15 is 0 Å². The number of halogens is 1. The number of aryl methyl sites for hydroxylation is 1. The molecule has 1 unspecified atom stereocenters. The Morgan fingerprint density at radius 3 is 2.25 bits per heavy atom. The first-order chi connectivity index (χ1) is 11.5. The van der Waals surface area contributed by atoms with Crippen molar-refractivity contribution in [3.05, 3.63) is 70.2 Å². The minimum atomic E-state index is -0.501. The number of amides is 1. The van der Waals surface area contributed by atoms with Gasteiger partial charge in [0.2, 0.25) is 0 Å². The maximum absolute atomic E-state index is 12.5. The first kappa shape index (κ1) is 17.0. The van der Waals surface area contributed by atoms with Gasteiger partial charge < -0.3 is 10.0 Å². The Hall–Kier alpha value is -1.84. The summed E-state index contributed by atoms with van der Waals surface area (Å²) in [6.45, 7) is 3.38. The average molecular weight is 344 g/mol. The molecule has 1 amide bonds. The first-order valence-electron chi connectivity index (χ1n) is 8.34. The zero-order valence-electron chi connectivity index (χ0n) is 13.8. The maximum atomic E-state index is 12.5. The van der Waals surface area contributed by atoms with Gasteiger partial charge in [-0.25, -0.2) is 0 Å². The molecule has 1 heterocycles. The fourth-order valence-corrected chi connectivity index (χ4v) is 3.36. The molecule has 1 atom stereocenters. The van der Waals surface area contributed by atoms with Crippen LogP contribution in [-0.2, 0) is 0 Å². The fourth-order valence-electron chi connectivity index (χ4n) is 3.23. The predicted octanol–water partition coefficient (Wildman–Crippen LogP) is 4.23. The van der Waals surface area contributed by atoms with Gasteiger partial charge in [0, 0.05) is 23.7 Å². The number of hydrogen-bond acceptors (Lipinski definition) is 2. The SMILES string of the molecule is Cc1ccc(C(=O)N2CCC(C(O)c3ccc(Cl)cc3)CC2)cc1. The van der Waals surface area contributed by atoms with Crippen molar-refractivity contribution in [2.24, 2.45) is 5.92 Å². The van der Waals surface area contributed by atoms with Crippen LogP contribution in [0.25, 0.3) is 0 Å². The summed E-state index contributed by atoms with van der Waals surface area (Å²) in [4.78, 5) is 14.4. The van der Waals surface area contributed by atoms with Gasteiger partial charge in [0.1, 0.15) is 0 Å².